The van der Waals surface area contributed by atoms with Crippen LogP contribution in [-0.2, 0) is 6.54 Å². The van der Waals surface area contributed by atoms with Gasteiger partial charge in [-0.15, -0.1) is 0 Å². The molecule has 1 heterocycles. The number of hydrogen-bond acceptors (Lipinski definition) is 2. The van der Waals surface area contributed by atoms with Crippen LogP contribution in [0.3, 0.4) is 0 Å². The van der Waals surface area contributed by atoms with Crippen molar-refractivity contribution < 1.29 is 0 Å². The van der Waals surface area contributed by atoms with E-state index in [1.54, 1.807) is 0 Å². The third-order valence-corrected chi connectivity index (χ3v) is 1.60. The van der Waals surface area contributed by atoms with E-state index < -0.39 is 0 Å². The van der Waals surface area contributed by atoms with Crippen LogP contribution in [0.25, 0.3) is 0 Å². The standard InChI is InChI=1S/C8H12N2S/c1-10(2)6-7-3-4-8(11)9-5-7/h3-5H,6H2,1-2H3,(H,9,11). The van der Waals surface area contributed by atoms with Gasteiger partial charge in [0.25, 0.3) is 0 Å². The number of pyridine rings is 1. The second kappa shape index (κ2) is 3.64. The second-order valence-electron chi connectivity index (χ2n) is 2.80. The van der Waals surface area contributed by atoms with E-state index in [0.29, 0.717) is 0 Å². The van der Waals surface area contributed by atoms with Crippen LogP contribution in [0.4, 0.5) is 0 Å². The van der Waals surface area contributed by atoms with E-state index >= 15 is 0 Å². The first-order valence-corrected chi connectivity index (χ1v) is 3.91. The Morgan fingerprint density at radius 2 is 2.18 bits per heavy atom. The average Bonchev–Trinajstić information content (AvgIpc) is 1.93. The SMILES string of the molecule is CN(C)Cc1ccc(=S)[nH]c1. The topological polar surface area (TPSA) is 19.0 Å². The highest BCUT2D eigenvalue weighted by Crippen LogP contribution is 1.98. The van der Waals surface area contributed by atoms with Crippen molar-refractivity contribution in [3.8, 4) is 0 Å². The summed E-state index contributed by atoms with van der Waals surface area (Å²) in [6.07, 6.45) is 1.95. The lowest BCUT2D eigenvalue weighted by molar-refractivity contribution is 0.402. The van der Waals surface area contributed by atoms with Crippen LogP contribution in [0.2, 0.25) is 0 Å². The molecule has 0 aliphatic rings. The molecule has 60 valence electrons. The summed E-state index contributed by atoms with van der Waals surface area (Å²) >= 11 is 4.92. The highest BCUT2D eigenvalue weighted by atomic mass is 32.1. The molecule has 0 spiro atoms. The van der Waals surface area contributed by atoms with Crippen molar-refractivity contribution >= 4 is 12.2 Å². The van der Waals surface area contributed by atoms with Crippen molar-refractivity contribution in [2.75, 3.05) is 14.1 Å². The van der Waals surface area contributed by atoms with E-state index in [2.05, 4.69) is 9.88 Å². The highest BCUT2D eigenvalue weighted by Gasteiger charge is 1.92. The number of aromatic nitrogens is 1. The van der Waals surface area contributed by atoms with E-state index in [1.807, 2.05) is 32.4 Å². The molecule has 2 nitrogen and oxygen atoms in total. The minimum Gasteiger partial charge on any atom is -0.353 e. The van der Waals surface area contributed by atoms with Crippen LogP contribution < -0.4 is 0 Å². The van der Waals surface area contributed by atoms with Crippen LogP contribution in [0.15, 0.2) is 18.3 Å². The molecule has 0 aliphatic heterocycles. The molecule has 0 bridgehead atoms. The fourth-order valence-electron chi connectivity index (χ4n) is 0.906. The van der Waals surface area contributed by atoms with Crippen LogP contribution >= 0.6 is 12.2 Å². The lowest BCUT2D eigenvalue weighted by Gasteiger charge is -2.08. The molecule has 1 N–H and O–H groups in total. The molecule has 0 saturated heterocycles. The smallest absolute Gasteiger partial charge is 0.103 e. The van der Waals surface area contributed by atoms with Gasteiger partial charge >= 0.3 is 0 Å². The Labute approximate surface area is 71.9 Å². The van der Waals surface area contributed by atoms with Crippen LogP contribution in [0.1, 0.15) is 5.56 Å². The monoisotopic (exact) mass is 168 g/mol. The number of nitrogens with one attached hydrogen (secondary N) is 1. The molecule has 1 aromatic heterocycles. The molecule has 0 aliphatic carbocycles. The molecular weight excluding hydrogens is 156 g/mol. The lowest BCUT2D eigenvalue weighted by Crippen LogP contribution is -2.10. The third-order valence-electron chi connectivity index (χ3n) is 1.35. The van der Waals surface area contributed by atoms with Crippen molar-refractivity contribution in [2.45, 2.75) is 6.54 Å². The molecule has 0 radical (unpaired) electrons. The minimum absolute atomic E-state index is 0.785. The molecule has 1 aromatic rings. The van der Waals surface area contributed by atoms with Crippen LogP contribution in [0.5, 0.6) is 0 Å². The first-order valence-electron chi connectivity index (χ1n) is 3.51. The van der Waals surface area contributed by atoms with Crippen molar-refractivity contribution in [1.29, 1.82) is 0 Å². The fraction of sp³-hybridized carbons (Fsp3) is 0.375. The number of H-pyrrole nitrogens is 1. The highest BCUT2D eigenvalue weighted by molar-refractivity contribution is 7.71. The first kappa shape index (κ1) is 8.43. The van der Waals surface area contributed by atoms with Gasteiger partial charge in [0.1, 0.15) is 4.64 Å². The Morgan fingerprint density at radius 3 is 2.64 bits per heavy atom. The van der Waals surface area contributed by atoms with E-state index in [0.717, 1.165) is 11.2 Å². The Kier molecular flexibility index (Phi) is 2.79. The van der Waals surface area contributed by atoms with Crippen molar-refractivity contribution in [3.63, 3.8) is 0 Å². The average molecular weight is 168 g/mol. The number of hydrogen-bond donors (Lipinski definition) is 1. The van der Waals surface area contributed by atoms with E-state index in [4.69, 9.17) is 12.2 Å². The molecule has 3 heteroatoms. The summed E-state index contributed by atoms with van der Waals surface area (Å²) in [5.74, 6) is 0. The number of aromatic amines is 1. The minimum atomic E-state index is 0.785. The predicted octanol–water partition coefficient (Wildman–Crippen LogP) is 1.81. The van der Waals surface area contributed by atoms with Crippen molar-refractivity contribution in [2.24, 2.45) is 0 Å². The first-order chi connectivity index (χ1) is 5.18. The second-order valence-corrected chi connectivity index (χ2v) is 3.24. The normalized spacial score (nSPS) is 10.5. The molecular formula is C8H12N2S. The zero-order valence-electron chi connectivity index (χ0n) is 6.79. The fourth-order valence-corrected chi connectivity index (χ4v) is 1.03. The Hall–Kier alpha value is -0.670. The van der Waals surface area contributed by atoms with Crippen molar-refractivity contribution in [1.82, 2.24) is 9.88 Å². The van der Waals surface area contributed by atoms with E-state index in [1.165, 1.54) is 5.56 Å². The van der Waals surface area contributed by atoms with E-state index in [9.17, 15) is 0 Å². The van der Waals surface area contributed by atoms with Gasteiger partial charge in [0.2, 0.25) is 0 Å². The van der Waals surface area contributed by atoms with Gasteiger partial charge in [0, 0.05) is 12.7 Å². The third kappa shape index (κ3) is 2.82. The maximum absolute atomic E-state index is 4.92. The van der Waals surface area contributed by atoms with Crippen LogP contribution in [-0.4, -0.2) is 24.0 Å². The summed E-state index contributed by atoms with van der Waals surface area (Å²) in [5.41, 5.74) is 1.25. The Balaban J connectivity index is 2.74. The van der Waals surface area contributed by atoms with Gasteiger partial charge in [0.05, 0.1) is 0 Å². The zero-order chi connectivity index (χ0) is 8.27. The maximum atomic E-state index is 4.92. The molecule has 0 atom stereocenters. The van der Waals surface area contributed by atoms with Gasteiger partial charge in [-0.2, -0.15) is 0 Å². The molecule has 0 amide bonds. The number of rotatable bonds is 2. The Morgan fingerprint density at radius 1 is 1.45 bits per heavy atom. The molecule has 1 rings (SSSR count). The maximum Gasteiger partial charge on any atom is 0.103 e. The van der Waals surface area contributed by atoms with Gasteiger partial charge in [0.15, 0.2) is 0 Å². The quantitative estimate of drug-likeness (QED) is 0.679. The Bertz CT molecular complexity index is 257. The largest absolute Gasteiger partial charge is 0.353 e. The van der Waals surface area contributed by atoms with Crippen LogP contribution in [0, 0.1) is 4.64 Å². The predicted molar refractivity (Wildman–Crippen MR) is 49.0 cm³/mol. The summed E-state index contributed by atoms with van der Waals surface area (Å²) in [6, 6.07) is 3.95. The summed E-state index contributed by atoms with van der Waals surface area (Å²) in [7, 11) is 4.09. The summed E-state index contributed by atoms with van der Waals surface area (Å²) in [5, 5.41) is 0. The molecule has 0 saturated carbocycles. The lowest BCUT2D eigenvalue weighted by atomic mass is 10.3. The summed E-state index contributed by atoms with van der Waals surface area (Å²) in [6.45, 7) is 0.951. The molecule has 0 unspecified atom stereocenters. The summed E-state index contributed by atoms with van der Waals surface area (Å²) < 4.78 is 0.785. The van der Waals surface area contributed by atoms with Crippen molar-refractivity contribution in [3.05, 3.63) is 28.5 Å². The van der Waals surface area contributed by atoms with Gasteiger partial charge < -0.3 is 9.88 Å². The van der Waals surface area contributed by atoms with Gasteiger partial charge in [-0.25, -0.2) is 0 Å². The zero-order valence-corrected chi connectivity index (χ0v) is 7.61. The molecule has 0 aromatic carbocycles. The van der Waals surface area contributed by atoms with E-state index in [-0.39, 0.29) is 0 Å². The van der Waals surface area contributed by atoms with Gasteiger partial charge in [-0.1, -0.05) is 18.3 Å². The van der Waals surface area contributed by atoms with Gasteiger partial charge in [-0.3, -0.25) is 0 Å². The van der Waals surface area contributed by atoms with Gasteiger partial charge in [-0.05, 0) is 25.7 Å². The summed E-state index contributed by atoms with van der Waals surface area (Å²) in [4.78, 5) is 5.11. The number of nitrogens with zero attached hydrogens (tertiary/aromatic N) is 1. The molecule has 0 fully saturated rings. The molecule has 11 heavy (non-hydrogen) atoms.